The topological polar surface area (TPSA) is 97.8 Å². The quantitative estimate of drug-likeness (QED) is 0.496. The Morgan fingerprint density at radius 1 is 0.967 bits per heavy atom. The van der Waals surface area contributed by atoms with E-state index in [1.54, 1.807) is 30.3 Å². The molecular weight excluding hydrogens is 406 g/mol. The van der Waals surface area contributed by atoms with Gasteiger partial charge in [-0.2, -0.15) is 4.31 Å². The van der Waals surface area contributed by atoms with Gasteiger partial charge in [-0.15, -0.1) is 0 Å². The van der Waals surface area contributed by atoms with Gasteiger partial charge in [0, 0.05) is 17.7 Å². The summed E-state index contributed by atoms with van der Waals surface area (Å²) in [5.41, 5.74) is 0.826. The molecule has 1 unspecified atom stereocenters. The molecule has 1 heterocycles. The third-order valence-corrected chi connectivity index (χ3v) is 6.96. The largest absolute Gasteiger partial charge is 0.456 e. The molecule has 7 nitrogen and oxygen atoms in total. The van der Waals surface area contributed by atoms with Crippen molar-refractivity contribution in [1.82, 2.24) is 4.31 Å². The number of benzene rings is 2. The molecule has 1 atom stereocenters. The smallest absolute Gasteiger partial charge is 0.324 e. The zero-order chi connectivity index (χ0) is 21.7. The van der Waals surface area contributed by atoms with Gasteiger partial charge in [-0.1, -0.05) is 42.5 Å². The monoisotopic (exact) mass is 429 g/mol. The van der Waals surface area contributed by atoms with Crippen LogP contribution < -0.4 is 0 Å². The second-order valence-electron chi connectivity index (χ2n) is 7.10. The first-order chi connectivity index (χ1) is 14.3. The molecule has 8 heteroatoms. The number of Topliss-reactive ketones (excluding diaryl/α,β-unsaturated/α-hetero) is 2. The minimum Gasteiger partial charge on any atom is -0.456 e. The lowest BCUT2D eigenvalue weighted by molar-refractivity contribution is -0.148. The predicted molar refractivity (Wildman–Crippen MR) is 110 cm³/mol. The van der Waals surface area contributed by atoms with E-state index in [-0.39, 0.29) is 23.0 Å². The third-order valence-electron chi connectivity index (χ3n) is 5.03. The standard InChI is InChI=1S/C22H23NO6S/c1-16(24)17-10-12-19(13-11-17)30(27,28)23-14-6-5-9-20(23)22(26)29-15-21(25)18-7-3-2-4-8-18/h2-4,7-8,10-13,20H,5-6,9,14-15H2,1H3. The molecule has 0 radical (unpaired) electrons. The molecule has 1 saturated heterocycles. The van der Waals surface area contributed by atoms with Crippen LogP contribution in [0.3, 0.4) is 0 Å². The van der Waals surface area contributed by atoms with Gasteiger partial charge < -0.3 is 4.74 Å². The SMILES string of the molecule is CC(=O)c1ccc(S(=O)(=O)N2CCCCC2C(=O)OCC(=O)c2ccccc2)cc1. The van der Waals surface area contributed by atoms with Crippen molar-refractivity contribution in [1.29, 1.82) is 0 Å². The summed E-state index contributed by atoms with van der Waals surface area (Å²) in [4.78, 5) is 36.3. The molecule has 158 valence electrons. The summed E-state index contributed by atoms with van der Waals surface area (Å²) in [7, 11) is -3.95. The Kier molecular flexibility index (Phi) is 6.79. The molecule has 30 heavy (non-hydrogen) atoms. The van der Waals surface area contributed by atoms with Crippen LogP contribution in [0.4, 0.5) is 0 Å². The highest BCUT2D eigenvalue weighted by Gasteiger charge is 2.38. The maximum atomic E-state index is 13.1. The van der Waals surface area contributed by atoms with Gasteiger partial charge in [-0.3, -0.25) is 14.4 Å². The molecule has 0 spiro atoms. The van der Waals surface area contributed by atoms with Crippen LogP contribution in [0, 0.1) is 0 Å². The second-order valence-corrected chi connectivity index (χ2v) is 9.00. The van der Waals surface area contributed by atoms with E-state index in [4.69, 9.17) is 4.74 Å². The highest BCUT2D eigenvalue weighted by atomic mass is 32.2. The molecule has 1 aliphatic heterocycles. The Bertz CT molecular complexity index is 1030. The summed E-state index contributed by atoms with van der Waals surface area (Å²) in [5, 5.41) is 0. The molecular formula is C22H23NO6S. The van der Waals surface area contributed by atoms with Crippen molar-refractivity contribution in [3.8, 4) is 0 Å². The molecule has 0 aromatic heterocycles. The number of hydrogen-bond acceptors (Lipinski definition) is 6. The Morgan fingerprint density at radius 2 is 1.63 bits per heavy atom. The van der Waals surface area contributed by atoms with Crippen LogP contribution in [-0.4, -0.2) is 49.5 Å². The van der Waals surface area contributed by atoms with Crippen molar-refractivity contribution in [3.63, 3.8) is 0 Å². The zero-order valence-electron chi connectivity index (χ0n) is 16.6. The minimum atomic E-state index is -3.95. The van der Waals surface area contributed by atoms with Gasteiger partial charge in [-0.25, -0.2) is 8.42 Å². The zero-order valence-corrected chi connectivity index (χ0v) is 17.4. The first-order valence-electron chi connectivity index (χ1n) is 9.68. The van der Waals surface area contributed by atoms with Gasteiger partial charge in [0.25, 0.3) is 0 Å². The lowest BCUT2D eigenvalue weighted by atomic mass is 10.1. The van der Waals surface area contributed by atoms with E-state index < -0.39 is 28.6 Å². The van der Waals surface area contributed by atoms with Crippen molar-refractivity contribution < 1.29 is 27.5 Å². The van der Waals surface area contributed by atoms with Crippen molar-refractivity contribution in [3.05, 3.63) is 65.7 Å². The van der Waals surface area contributed by atoms with Crippen LogP contribution >= 0.6 is 0 Å². The summed E-state index contributed by atoms with van der Waals surface area (Å²) >= 11 is 0. The maximum Gasteiger partial charge on any atom is 0.324 e. The van der Waals surface area contributed by atoms with Crippen LogP contribution in [0.25, 0.3) is 0 Å². The van der Waals surface area contributed by atoms with Crippen molar-refractivity contribution in [2.75, 3.05) is 13.2 Å². The molecule has 1 aliphatic rings. The number of hydrogen-bond donors (Lipinski definition) is 0. The van der Waals surface area contributed by atoms with Crippen LogP contribution in [-0.2, 0) is 19.6 Å². The van der Waals surface area contributed by atoms with Crippen molar-refractivity contribution in [2.24, 2.45) is 0 Å². The lowest BCUT2D eigenvalue weighted by Gasteiger charge is -2.33. The predicted octanol–water partition coefficient (Wildman–Crippen LogP) is 2.86. The van der Waals surface area contributed by atoms with E-state index >= 15 is 0 Å². The molecule has 0 saturated carbocycles. The summed E-state index contributed by atoms with van der Waals surface area (Å²) in [6.45, 7) is 1.14. The van der Waals surface area contributed by atoms with Gasteiger partial charge in [-0.05, 0) is 38.3 Å². The fraction of sp³-hybridized carbons (Fsp3) is 0.318. The number of ketones is 2. The number of nitrogens with zero attached hydrogens (tertiary/aromatic N) is 1. The number of carbonyl (C=O) groups excluding carboxylic acids is 3. The van der Waals surface area contributed by atoms with Crippen LogP contribution in [0.2, 0.25) is 0 Å². The minimum absolute atomic E-state index is 0.00700. The number of rotatable bonds is 7. The summed E-state index contributed by atoms with van der Waals surface area (Å²) in [6, 6.07) is 13.1. The summed E-state index contributed by atoms with van der Waals surface area (Å²) in [6.07, 6.45) is 1.63. The fourth-order valence-electron chi connectivity index (χ4n) is 3.37. The molecule has 1 fully saturated rings. The first-order valence-corrected chi connectivity index (χ1v) is 11.1. The maximum absolute atomic E-state index is 13.1. The molecule has 2 aromatic carbocycles. The van der Waals surface area contributed by atoms with E-state index in [1.165, 1.54) is 31.2 Å². The van der Waals surface area contributed by atoms with E-state index in [0.29, 0.717) is 30.4 Å². The Morgan fingerprint density at radius 3 is 2.27 bits per heavy atom. The highest BCUT2D eigenvalue weighted by Crippen LogP contribution is 2.26. The number of esters is 1. The van der Waals surface area contributed by atoms with E-state index in [1.807, 2.05) is 0 Å². The number of carbonyl (C=O) groups is 3. The van der Waals surface area contributed by atoms with Gasteiger partial charge >= 0.3 is 5.97 Å². The van der Waals surface area contributed by atoms with Gasteiger partial charge in [0.05, 0.1) is 4.90 Å². The normalized spacial score (nSPS) is 17.3. The Labute approximate surface area is 175 Å². The van der Waals surface area contributed by atoms with Crippen LogP contribution in [0.1, 0.15) is 46.9 Å². The fourth-order valence-corrected chi connectivity index (χ4v) is 5.01. The molecule has 2 aromatic rings. The average molecular weight is 429 g/mol. The van der Waals surface area contributed by atoms with E-state index in [9.17, 15) is 22.8 Å². The molecule has 0 amide bonds. The number of ether oxygens (including phenoxy) is 1. The van der Waals surface area contributed by atoms with E-state index in [0.717, 1.165) is 4.31 Å². The summed E-state index contributed by atoms with van der Waals surface area (Å²) in [5.74, 6) is -1.25. The Balaban J connectivity index is 1.74. The number of piperidine rings is 1. The molecule has 0 aliphatic carbocycles. The second kappa shape index (κ2) is 9.32. The van der Waals surface area contributed by atoms with Gasteiger partial charge in [0.15, 0.2) is 18.2 Å². The Hall–Kier alpha value is -2.84. The van der Waals surface area contributed by atoms with Gasteiger partial charge in [0.2, 0.25) is 10.0 Å². The third kappa shape index (κ3) is 4.83. The molecule has 3 rings (SSSR count). The van der Waals surface area contributed by atoms with Gasteiger partial charge in [0.1, 0.15) is 6.04 Å². The van der Waals surface area contributed by atoms with Crippen LogP contribution in [0.5, 0.6) is 0 Å². The van der Waals surface area contributed by atoms with Crippen molar-refractivity contribution >= 4 is 27.6 Å². The lowest BCUT2D eigenvalue weighted by Crippen LogP contribution is -2.48. The highest BCUT2D eigenvalue weighted by molar-refractivity contribution is 7.89. The van der Waals surface area contributed by atoms with Crippen molar-refractivity contribution in [2.45, 2.75) is 37.1 Å². The van der Waals surface area contributed by atoms with Crippen LogP contribution in [0.15, 0.2) is 59.5 Å². The molecule has 0 N–H and O–H groups in total. The molecule has 0 bridgehead atoms. The van der Waals surface area contributed by atoms with E-state index in [2.05, 4.69) is 0 Å². The average Bonchev–Trinajstić information content (AvgIpc) is 2.77. The first kappa shape index (κ1) is 21.9. The summed E-state index contributed by atoms with van der Waals surface area (Å²) < 4.78 is 32.5. The number of sulfonamides is 1.